The van der Waals surface area contributed by atoms with Gasteiger partial charge in [-0.25, -0.2) is 4.98 Å². The number of aromatic nitrogens is 3. The van der Waals surface area contributed by atoms with E-state index in [9.17, 15) is 9.90 Å². The van der Waals surface area contributed by atoms with Crippen molar-refractivity contribution in [3.63, 3.8) is 0 Å². The van der Waals surface area contributed by atoms with E-state index in [1.165, 1.54) is 0 Å². The molecule has 2 heterocycles. The van der Waals surface area contributed by atoms with Crippen molar-refractivity contribution in [1.82, 2.24) is 14.5 Å². The molecule has 0 saturated carbocycles. The monoisotopic (exact) mass is 269 g/mol. The summed E-state index contributed by atoms with van der Waals surface area (Å²) in [6.07, 6.45) is 5.37. The first kappa shape index (κ1) is 12.5. The SMILES string of the molecule is Cn1cc(C(CC(=O)O)c2ncc[nH]2)c2ccccc21. The highest BCUT2D eigenvalue weighted by molar-refractivity contribution is 5.85. The summed E-state index contributed by atoms with van der Waals surface area (Å²) >= 11 is 0. The maximum absolute atomic E-state index is 11.2. The number of imidazole rings is 1. The van der Waals surface area contributed by atoms with E-state index < -0.39 is 5.97 Å². The van der Waals surface area contributed by atoms with E-state index in [1.807, 2.05) is 42.1 Å². The molecular weight excluding hydrogens is 254 g/mol. The van der Waals surface area contributed by atoms with Crippen molar-refractivity contribution in [3.8, 4) is 0 Å². The fourth-order valence-electron chi connectivity index (χ4n) is 2.65. The molecule has 5 nitrogen and oxygen atoms in total. The van der Waals surface area contributed by atoms with Crippen LogP contribution in [0.5, 0.6) is 0 Å². The summed E-state index contributed by atoms with van der Waals surface area (Å²) in [5.41, 5.74) is 2.07. The molecule has 102 valence electrons. The minimum Gasteiger partial charge on any atom is -0.481 e. The average molecular weight is 269 g/mol. The number of carboxylic acid groups (broad SMARTS) is 1. The normalized spacial score (nSPS) is 12.7. The number of H-pyrrole nitrogens is 1. The van der Waals surface area contributed by atoms with Crippen molar-refractivity contribution in [2.24, 2.45) is 7.05 Å². The Hall–Kier alpha value is -2.56. The molecular formula is C15H15N3O2. The summed E-state index contributed by atoms with van der Waals surface area (Å²) in [6, 6.07) is 7.98. The third kappa shape index (κ3) is 2.07. The number of aryl methyl sites for hydroxylation is 1. The second kappa shape index (κ2) is 4.85. The number of fused-ring (bicyclic) bond motifs is 1. The Morgan fingerprint density at radius 2 is 2.25 bits per heavy atom. The quantitative estimate of drug-likeness (QED) is 0.764. The largest absolute Gasteiger partial charge is 0.481 e. The number of nitrogens with zero attached hydrogens (tertiary/aromatic N) is 2. The van der Waals surface area contributed by atoms with Gasteiger partial charge in [0.05, 0.1) is 12.3 Å². The topological polar surface area (TPSA) is 70.9 Å². The zero-order valence-corrected chi connectivity index (χ0v) is 11.1. The van der Waals surface area contributed by atoms with Gasteiger partial charge in [-0.1, -0.05) is 18.2 Å². The molecule has 0 aliphatic rings. The summed E-state index contributed by atoms with van der Waals surface area (Å²) in [5, 5.41) is 10.2. The van der Waals surface area contributed by atoms with E-state index in [0.717, 1.165) is 16.5 Å². The highest BCUT2D eigenvalue weighted by Gasteiger charge is 2.23. The molecule has 5 heteroatoms. The van der Waals surface area contributed by atoms with Gasteiger partial charge >= 0.3 is 5.97 Å². The Bertz CT molecular complexity index is 744. The third-order valence-electron chi connectivity index (χ3n) is 3.53. The van der Waals surface area contributed by atoms with Gasteiger partial charge in [-0.2, -0.15) is 0 Å². The molecule has 0 radical (unpaired) electrons. The predicted molar refractivity (Wildman–Crippen MR) is 75.6 cm³/mol. The van der Waals surface area contributed by atoms with Crippen molar-refractivity contribution >= 4 is 16.9 Å². The Labute approximate surface area is 115 Å². The summed E-state index contributed by atoms with van der Waals surface area (Å²) in [7, 11) is 1.96. The van der Waals surface area contributed by atoms with Gasteiger partial charge in [0.15, 0.2) is 0 Å². The smallest absolute Gasteiger partial charge is 0.304 e. The number of carbonyl (C=O) groups is 1. The first-order chi connectivity index (χ1) is 9.66. The van der Waals surface area contributed by atoms with Crippen LogP contribution >= 0.6 is 0 Å². The molecule has 20 heavy (non-hydrogen) atoms. The van der Waals surface area contributed by atoms with E-state index in [2.05, 4.69) is 9.97 Å². The molecule has 0 aliphatic carbocycles. The Kier molecular flexibility index (Phi) is 3.02. The van der Waals surface area contributed by atoms with Crippen LogP contribution in [0.3, 0.4) is 0 Å². The van der Waals surface area contributed by atoms with Crippen LogP contribution in [0.15, 0.2) is 42.9 Å². The van der Waals surface area contributed by atoms with Crippen molar-refractivity contribution in [2.75, 3.05) is 0 Å². The molecule has 0 amide bonds. The Balaban J connectivity index is 2.16. The van der Waals surface area contributed by atoms with Gasteiger partial charge in [0.1, 0.15) is 5.82 Å². The summed E-state index contributed by atoms with van der Waals surface area (Å²) < 4.78 is 2.02. The number of para-hydroxylation sites is 1. The number of hydrogen-bond donors (Lipinski definition) is 2. The van der Waals surface area contributed by atoms with Crippen LogP contribution < -0.4 is 0 Å². The van der Waals surface area contributed by atoms with Gasteiger partial charge in [-0.15, -0.1) is 0 Å². The number of rotatable bonds is 4. The van der Waals surface area contributed by atoms with Crippen LogP contribution in [0, 0.1) is 0 Å². The van der Waals surface area contributed by atoms with Gasteiger partial charge < -0.3 is 14.7 Å². The van der Waals surface area contributed by atoms with Gasteiger partial charge in [0, 0.05) is 36.5 Å². The number of benzene rings is 1. The number of nitrogens with one attached hydrogen (secondary N) is 1. The standard InChI is InChI=1S/C15H15N3O2/c1-18-9-12(10-4-2-3-5-13(10)18)11(8-14(19)20)15-16-6-7-17-15/h2-7,9,11H,8H2,1H3,(H,16,17)(H,19,20). The lowest BCUT2D eigenvalue weighted by molar-refractivity contribution is -0.137. The van der Waals surface area contributed by atoms with Gasteiger partial charge in [-0.05, 0) is 11.6 Å². The average Bonchev–Trinajstić information content (AvgIpc) is 3.05. The lowest BCUT2D eigenvalue weighted by atomic mass is 9.94. The molecule has 0 fully saturated rings. The molecule has 3 aromatic rings. The van der Waals surface area contributed by atoms with Crippen LogP contribution in [-0.2, 0) is 11.8 Å². The number of aromatic amines is 1. The van der Waals surface area contributed by atoms with Crippen LogP contribution in [0.2, 0.25) is 0 Å². The molecule has 0 aliphatic heterocycles. The second-order valence-corrected chi connectivity index (χ2v) is 4.84. The highest BCUT2D eigenvalue weighted by atomic mass is 16.4. The molecule has 3 rings (SSSR count). The lowest BCUT2D eigenvalue weighted by Gasteiger charge is -2.11. The Morgan fingerprint density at radius 3 is 2.95 bits per heavy atom. The molecule has 0 spiro atoms. The van der Waals surface area contributed by atoms with E-state index in [1.54, 1.807) is 12.4 Å². The van der Waals surface area contributed by atoms with E-state index >= 15 is 0 Å². The lowest BCUT2D eigenvalue weighted by Crippen LogP contribution is -2.09. The van der Waals surface area contributed by atoms with E-state index in [0.29, 0.717) is 5.82 Å². The molecule has 0 saturated heterocycles. The minimum absolute atomic E-state index is 0.0154. The maximum atomic E-state index is 11.2. The fourth-order valence-corrected chi connectivity index (χ4v) is 2.65. The van der Waals surface area contributed by atoms with Crippen LogP contribution in [0.25, 0.3) is 10.9 Å². The van der Waals surface area contributed by atoms with Crippen molar-refractivity contribution in [1.29, 1.82) is 0 Å². The number of hydrogen-bond acceptors (Lipinski definition) is 2. The fraction of sp³-hybridized carbons (Fsp3) is 0.200. The van der Waals surface area contributed by atoms with Gasteiger partial charge in [-0.3, -0.25) is 4.79 Å². The first-order valence-electron chi connectivity index (χ1n) is 6.42. The van der Waals surface area contributed by atoms with E-state index in [4.69, 9.17) is 0 Å². The maximum Gasteiger partial charge on any atom is 0.304 e. The summed E-state index contributed by atoms with van der Waals surface area (Å²) in [5.74, 6) is -0.420. The van der Waals surface area contributed by atoms with E-state index in [-0.39, 0.29) is 12.3 Å². The summed E-state index contributed by atoms with van der Waals surface area (Å²) in [4.78, 5) is 18.4. The molecule has 1 aromatic carbocycles. The molecule has 1 unspecified atom stereocenters. The third-order valence-corrected chi connectivity index (χ3v) is 3.53. The van der Waals surface area contributed by atoms with Gasteiger partial charge in [0.25, 0.3) is 0 Å². The van der Waals surface area contributed by atoms with Crippen molar-refractivity contribution in [2.45, 2.75) is 12.3 Å². The highest BCUT2D eigenvalue weighted by Crippen LogP contribution is 2.32. The van der Waals surface area contributed by atoms with Crippen LogP contribution in [-0.4, -0.2) is 25.6 Å². The van der Waals surface area contributed by atoms with Crippen LogP contribution in [0.1, 0.15) is 23.7 Å². The minimum atomic E-state index is -0.834. The molecule has 2 aromatic heterocycles. The number of carboxylic acids is 1. The predicted octanol–water partition coefficient (Wildman–Crippen LogP) is 2.51. The summed E-state index contributed by atoms with van der Waals surface area (Å²) in [6.45, 7) is 0. The number of aliphatic carboxylic acids is 1. The molecule has 0 bridgehead atoms. The second-order valence-electron chi connectivity index (χ2n) is 4.84. The van der Waals surface area contributed by atoms with Gasteiger partial charge in [0.2, 0.25) is 0 Å². The van der Waals surface area contributed by atoms with Crippen molar-refractivity contribution < 1.29 is 9.90 Å². The zero-order valence-electron chi connectivity index (χ0n) is 11.1. The first-order valence-corrected chi connectivity index (χ1v) is 6.42. The Morgan fingerprint density at radius 1 is 1.45 bits per heavy atom. The van der Waals surface area contributed by atoms with Crippen molar-refractivity contribution in [3.05, 3.63) is 54.2 Å². The molecule has 1 atom stereocenters. The zero-order chi connectivity index (χ0) is 14.1. The molecule has 2 N–H and O–H groups in total. The van der Waals surface area contributed by atoms with Crippen LogP contribution in [0.4, 0.5) is 0 Å².